The van der Waals surface area contributed by atoms with E-state index in [1.54, 1.807) is 0 Å². The molecule has 0 aliphatic carbocycles. The van der Waals surface area contributed by atoms with Crippen LogP contribution < -0.4 is 5.32 Å². The van der Waals surface area contributed by atoms with Gasteiger partial charge in [-0.05, 0) is 24.6 Å². The molecule has 1 aliphatic rings. The number of H-pyrrole nitrogens is 1. The zero-order chi connectivity index (χ0) is 12.7. The van der Waals surface area contributed by atoms with Gasteiger partial charge in [-0.15, -0.1) is 0 Å². The number of nitrogens with one attached hydrogen (secondary N) is 2. The first-order valence-electron chi connectivity index (χ1n) is 6.34. The van der Waals surface area contributed by atoms with E-state index in [0.29, 0.717) is 12.0 Å². The lowest BCUT2D eigenvalue weighted by Crippen LogP contribution is -2.29. The second kappa shape index (κ2) is 4.57. The molecule has 1 fully saturated rings. The molecule has 1 saturated heterocycles. The highest BCUT2D eigenvalue weighted by Gasteiger charge is 2.26. The Kier molecular flexibility index (Phi) is 3.06. The van der Waals surface area contributed by atoms with Crippen molar-refractivity contribution in [1.29, 1.82) is 0 Å². The molecule has 2 atom stereocenters. The van der Waals surface area contributed by atoms with Crippen molar-refractivity contribution in [2.24, 2.45) is 0 Å². The van der Waals surface area contributed by atoms with Gasteiger partial charge in [0.15, 0.2) is 0 Å². The standard InChI is InChI=1S/C14H18ClN3/c1-9(13-7-18(2)8-17-13)11-6-16-14-10(11)4-3-5-12(14)15/h3-6,9,13,16-17H,7-8H2,1-2H3. The normalized spacial score (nSPS) is 22.7. The molecule has 1 aromatic carbocycles. The number of hydrogen-bond donors (Lipinski definition) is 2. The van der Waals surface area contributed by atoms with E-state index >= 15 is 0 Å². The van der Waals surface area contributed by atoms with Crippen LogP contribution in [0.2, 0.25) is 5.02 Å². The number of benzene rings is 1. The lowest BCUT2D eigenvalue weighted by molar-refractivity contribution is 0.401. The predicted octanol–water partition coefficient (Wildman–Crippen LogP) is 2.79. The third-order valence-electron chi connectivity index (χ3n) is 3.92. The van der Waals surface area contributed by atoms with E-state index in [2.05, 4.69) is 41.4 Å². The Labute approximate surface area is 112 Å². The number of likely N-dealkylation sites (N-methyl/N-ethyl adjacent to an activating group) is 1. The molecule has 0 spiro atoms. The summed E-state index contributed by atoms with van der Waals surface area (Å²) in [7, 11) is 2.14. The molecular formula is C14H18ClN3. The maximum Gasteiger partial charge on any atom is 0.0647 e. The average Bonchev–Trinajstić information content (AvgIpc) is 2.95. The van der Waals surface area contributed by atoms with Gasteiger partial charge in [-0.1, -0.05) is 30.7 Å². The van der Waals surface area contributed by atoms with Crippen LogP contribution in [-0.2, 0) is 0 Å². The zero-order valence-electron chi connectivity index (χ0n) is 10.7. The lowest BCUT2D eigenvalue weighted by atomic mass is 9.93. The number of fused-ring (bicyclic) bond motifs is 1. The fourth-order valence-electron chi connectivity index (χ4n) is 2.81. The summed E-state index contributed by atoms with van der Waals surface area (Å²) in [6.07, 6.45) is 2.10. The van der Waals surface area contributed by atoms with E-state index in [4.69, 9.17) is 11.6 Å². The van der Waals surface area contributed by atoms with Crippen LogP contribution in [0.15, 0.2) is 24.4 Å². The molecule has 2 heterocycles. The summed E-state index contributed by atoms with van der Waals surface area (Å²) >= 11 is 6.20. The highest BCUT2D eigenvalue weighted by molar-refractivity contribution is 6.35. The first-order chi connectivity index (χ1) is 8.66. The summed E-state index contributed by atoms with van der Waals surface area (Å²) in [5.74, 6) is 0.474. The number of halogens is 1. The fraction of sp³-hybridized carbons (Fsp3) is 0.429. The van der Waals surface area contributed by atoms with Crippen LogP contribution in [0.25, 0.3) is 10.9 Å². The fourth-order valence-corrected chi connectivity index (χ4v) is 3.03. The molecule has 96 valence electrons. The smallest absolute Gasteiger partial charge is 0.0647 e. The highest BCUT2D eigenvalue weighted by atomic mass is 35.5. The Morgan fingerprint density at radius 2 is 2.28 bits per heavy atom. The number of aromatic nitrogens is 1. The van der Waals surface area contributed by atoms with Gasteiger partial charge in [-0.3, -0.25) is 10.2 Å². The summed E-state index contributed by atoms with van der Waals surface area (Å²) in [5, 5.41) is 5.59. The van der Waals surface area contributed by atoms with Crippen LogP contribution in [0.3, 0.4) is 0 Å². The van der Waals surface area contributed by atoms with Gasteiger partial charge in [0.2, 0.25) is 0 Å². The quantitative estimate of drug-likeness (QED) is 0.873. The minimum atomic E-state index is 0.474. The van der Waals surface area contributed by atoms with Gasteiger partial charge >= 0.3 is 0 Å². The van der Waals surface area contributed by atoms with Crippen molar-refractivity contribution in [2.45, 2.75) is 18.9 Å². The van der Waals surface area contributed by atoms with Crippen molar-refractivity contribution >= 4 is 22.5 Å². The first-order valence-corrected chi connectivity index (χ1v) is 6.72. The number of rotatable bonds is 2. The van der Waals surface area contributed by atoms with Gasteiger partial charge in [0, 0.05) is 30.8 Å². The molecule has 2 aromatic rings. The van der Waals surface area contributed by atoms with Crippen LogP contribution in [0.5, 0.6) is 0 Å². The molecule has 0 amide bonds. The van der Waals surface area contributed by atoms with Crippen molar-refractivity contribution in [3.8, 4) is 0 Å². The van der Waals surface area contributed by atoms with Gasteiger partial charge in [0.05, 0.1) is 10.5 Å². The van der Waals surface area contributed by atoms with Crippen LogP contribution in [0.1, 0.15) is 18.4 Å². The molecule has 18 heavy (non-hydrogen) atoms. The van der Waals surface area contributed by atoms with Gasteiger partial charge in [0.1, 0.15) is 0 Å². The van der Waals surface area contributed by atoms with E-state index < -0.39 is 0 Å². The molecule has 3 nitrogen and oxygen atoms in total. The van der Waals surface area contributed by atoms with Crippen molar-refractivity contribution < 1.29 is 0 Å². The SMILES string of the molecule is CC(c1c[nH]c2c(Cl)cccc12)C1CN(C)CN1. The Bertz CT molecular complexity index is 563. The van der Waals surface area contributed by atoms with Crippen molar-refractivity contribution in [3.05, 3.63) is 35.0 Å². The third-order valence-corrected chi connectivity index (χ3v) is 4.24. The molecule has 1 aromatic heterocycles. The second-order valence-electron chi connectivity index (χ2n) is 5.20. The minimum Gasteiger partial charge on any atom is -0.360 e. The topological polar surface area (TPSA) is 31.1 Å². The van der Waals surface area contributed by atoms with Crippen LogP contribution in [0.4, 0.5) is 0 Å². The predicted molar refractivity (Wildman–Crippen MR) is 76.1 cm³/mol. The largest absolute Gasteiger partial charge is 0.360 e. The summed E-state index contributed by atoms with van der Waals surface area (Å²) in [6.45, 7) is 4.34. The summed E-state index contributed by atoms with van der Waals surface area (Å²) in [4.78, 5) is 5.61. The van der Waals surface area contributed by atoms with E-state index in [-0.39, 0.29) is 0 Å². The first kappa shape index (κ1) is 12.0. The molecule has 4 heteroatoms. The second-order valence-corrected chi connectivity index (χ2v) is 5.61. The van der Waals surface area contributed by atoms with E-state index in [9.17, 15) is 0 Å². The summed E-state index contributed by atoms with van der Waals surface area (Å²) in [5.41, 5.74) is 2.40. The average molecular weight is 264 g/mol. The number of nitrogens with zero attached hydrogens (tertiary/aromatic N) is 1. The van der Waals surface area contributed by atoms with Crippen LogP contribution in [0, 0.1) is 0 Å². The third kappa shape index (κ3) is 1.92. The van der Waals surface area contributed by atoms with Crippen LogP contribution >= 0.6 is 11.6 Å². The van der Waals surface area contributed by atoms with E-state index in [1.165, 1.54) is 10.9 Å². The number of para-hydroxylation sites is 1. The molecule has 0 radical (unpaired) electrons. The van der Waals surface area contributed by atoms with Gasteiger partial charge in [-0.25, -0.2) is 0 Å². The van der Waals surface area contributed by atoms with Gasteiger partial charge in [-0.2, -0.15) is 0 Å². The molecular weight excluding hydrogens is 246 g/mol. The van der Waals surface area contributed by atoms with Crippen molar-refractivity contribution in [2.75, 3.05) is 20.3 Å². The Balaban J connectivity index is 1.97. The van der Waals surface area contributed by atoms with Crippen LogP contribution in [-0.4, -0.2) is 36.2 Å². The molecule has 3 rings (SSSR count). The zero-order valence-corrected chi connectivity index (χ0v) is 11.5. The highest BCUT2D eigenvalue weighted by Crippen LogP contribution is 2.32. The number of hydrogen-bond acceptors (Lipinski definition) is 2. The van der Waals surface area contributed by atoms with Gasteiger partial charge in [0.25, 0.3) is 0 Å². The minimum absolute atomic E-state index is 0.474. The number of aromatic amines is 1. The van der Waals surface area contributed by atoms with Crippen molar-refractivity contribution in [3.63, 3.8) is 0 Å². The molecule has 0 saturated carbocycles. The van der Waals surface area contributed by atoms with Crippen molar-refractivity contribution in [1.82, 2.24) is 15.2 Å². The lowest BCUT2D eigenvalue weighted by Gasteiger charge is -2.18. The molecule has 2 N–H and O–H groups in total. The van der Waals surface area contributed by atoms with E-state index in [0.717, 1.165) is 23.8 Å². The maximum atomic E-state index is 6.20. The summed E-state index contributed by atoms with van der Waals surface area (Å²) in [6, 6.07) is 6.59. The molecule has 1 aliphatic heterocycles. The van der Waals surface area contributed by atoms with Gasteiger partial charge < -0.3 is 4.98 Å². The molecule has 0 bridgehead atoms. The van der Waals surface area contributed by atoms with E-state index in [1.807, 2.05) is 12.1 Å². The maximum absolute atomic E-state index is 6.20. The Morgan fingerprint density at radius 3 is 3.00 bits per heavy atom. The molecule has 2 unspecified atom stereocenters. The monoisotopic (exact) mass is 263 g/mol. The Hall–Kier alpha value is -1.03. The summed E-state index contributed by atoms with van der Waals surface area (Å²) < 4.78 is 0. The Morgan fingerprint density at radius 1 is 1.44 bits per heavy atom.